The molecule has 0 unspecified atom stereocenters. The van der Waals surface area contributed by atoms with E-state index in [0.717, 1.165) is 18.7 Å². The van der Waals surface area contributed by atoms with Crippen LogP contribution >= 0.6 is 0 Å². The minimum absolute atomic E-state index is 0.0452. The molecule has 1 atom stereocenters. The van der Waals surface area contributed by atoms with Crippen LogP contribution in [0, 0.1) is 0 Å². The van der Waals surface area contributed by atoms with E-state index >= 15 is 0 Å². The Labute approximate surface area is 138 Å². The molecule has 128 valence electrons. The van der Waals surface area contributed by atoms with Crippen LogP contribution in [0.4, 0.5) is 0 Å². The monoisotopic (exact) mass is 320 g/mol. The summed E-state index contributed by atoms with van der Waals surface area (Å²) in [6, 6.07) is 9.88. The molecule has 0 aliphatic carbocycles. The molecule has 1 heterocycles. The molecule has 0 bridgehead atoms. The minimum atomic E-state index is -0.696. The highest BCUT2D eigenvalue weighted by molar-refractivity contribution is 5.80. The zero-order valence-corrected chi connectivity index (χ0v) is 14.4. The largest absolute Gasteiger partial charge is 0.389 e. The number of piperazine rings is 1. The second kappa shape index (κ2) is 7.90. The topological polar surface area (TPSA) is 53.0 Å². The lowest BCUT2D eigenvalue weighted by atomic mass is 10.1. The van der Waals surface area contributed by atoms with Crippen LogP contribution in [0.25, 0.3) is 0 Å². The minimum Gasteiger partial charge on any atom is -0.389 e. The van der Waals surface area contributed by atoms with E-state index in [-0.39, 0.29) is 5.91 Å². The highest BCUT2D eigenvalue weighted by Crippen LogP contribution is 2.11. The van der Waals surface area contributed by atoms with E-state index in [4.69, 9.17) is 4.74 Å². The van der Waals surface area contributed by atoms with Gasteiger partial charge in [0.1, 0.15) is 6.10 Å². The number of carbonyl (C=O) groups is 1. The van der Waals surface area contributed by atoms with Gasteiger partial charge in [-0.1, -0.05) is 30.3 Å². The number of amides is 1. The van der Waals surface area contributed by atoms with Crippen LogP contribution in [0.5, 0.6) is 0 Å². The molecule has 1 aliphatic rings. The Kier molecular flexibility index (Phi) is 6.16. The number of hydrogen-bond donors (Lipinski definition) is 1. The van der Waals surface area contributed by atoms with Crippen LogP contribution in [0.3, 0.4) is 0 Å². The molecule has 2 rings (SSSR count). The Morgan fingerprint density at radius 2 is 1.83 bits per heavy atom. The average molecular weight is 320 g/mol. The molecule has 23 heavy (non-hydrogen) atoms. The summed E-state index contributed by atoms with van der Waals surface area (Å²) in [6.45, 7) is 9.48. The molecule has 5 nitrogen and oxygen atoms in total. The number of aliphatic hydroxyl groups is 1. The molecule has 0 spiro atoms. The summed E-state index contributed by atoms with van der Waals surface area (Å²) in [5.41, 5.74) is 0.375. The number of hydrogen-bond acceptors (Lipinski definition) is 4. The number of rotatable bonds is 6. The maximum atomic E-state index is 12.4. The Bertz CT molecular complexity index is 491. The van der Waals surface area contributed by atoms with E-state index in [9.17, 15) is 9.90 Å². The first-order chi connectivity index (χ1) is 10.8. The third-order valence-corrected chi connectivity index (χ3v) is 3.99. The summed E-state index contributed by atoms with van der Waals surface area (Å²) >= 11 is 0. The van der Waals surface area contributed by atoms with E-state index in [1.165, 1.54) is 0 Å². The van der Waals surface area contributed by atoms with Crippen LogP contribution in [-0.4, -0.2) is 65.2 Å². The standard InChI is InChI=1S/C18H28N2O3/c1-15(23-13-16-7-5-4-6-8-16)17(21)20-11-9-19(10-12-20)14-18(2,3)22/h4-8,15,22H,9-14H2,1-3H3/t15-/m0/s1. The highest BCUT2D eigenvalue weighted by atomic mass is 16.5. The van der Waals surface area contributed by atoms with E-state index in [1.54, 1.807) is 0 Å². The lowest BCUT2D eigenvalue weighted by Crippen LogP contribution is -2.53. The molecule has 5 heteroatoms. The first kappa shape index (κ1) is 17.9. The summed E-state index contributed by atoms with van der Waals surface area (Å²) < 4.78 is 5.71. The molecule has 1 aromatic rings. The zero-order chi connectivity index (χ0) is 16.9. The van der Waals surface area contributed by atoms with Crippen molar-refractivity contribution in [2.45, 2.75) is 39.1 Å². The zero-order valence-electron chi connectivity index (χ0n) is 14.4. The molecule has 0 aromatic heterocycles. The number of carbonyl (C=O) groups excluding carboxylic acids is 1. The first-order valence-corrected chi connectivity index (χ1v) is 8.24. The van der Waals surface area contributed by atoms with Gasteiger partial charge in [0, 0.05) is 32.7 Å². The second-order valence-corrected chi connectivity index (χ2v) is 6.85. The van der Waals surface area contributed by atoms with Crippen molar-refractivity contribution in [1.82, 2.24) is 9.80 Å². The van der Waals surface area contributed by atoms with Gasteiger partial charge in [-0.25, -0.2) is 0 Å². The predicted octanol–water partition coefficient (Wildman–Crippen LogP) is 1.51. The Morgan fingerprint density at radius 3 is 2.39 bits per heavy atom. The summed E-state index contributed by atoms with van der Waals surface area (Å²) in [4.78, 5) is 16.5. The molecule has 1 aromatic carbocycles. The Balaban J connectivity index is 1.75. The fraction of sp³-hybridized carbons (Fsp3) is 0.611. The van der Waals surface area contributed by atoms with E-state index in [2.05, 4.69) is 4.90 Å². The van der Waals surface area contributed by atoms with E-state index < -0.39 is 11.7 Å². The Morgan fingerprint density at radius 1 is 1.22 bits per heavy atom. The van der Waals surface area contributed by atoms with Crippen LogP contribution in [0.1, 0.15) is 26.3 Å². The van der Waals surface area contributed by atoms with Gasteiger partial charge in [0.15, 0.2) is 0 Å². The van der Waals surface area contributed by atoms with Gasteiger partial charge in [0.05, 0.1) is 12.2 Å². The maximum Gasteiger partial charge on any atom is 0.251 e. The van der Waals surface area contributed by atoms with Crippen molar-refractivity contribution in [3.05, 3.63) is 35.9 Å². The van der Waals surface area contributed by atoms with Gasteiger partial charge in [-0.05, 0) is 26.3 Å². The van der Waals surface area contributed by atoms with Gasteiger partial charge in [-0.3, -0.25) is 9.69 Å². The molecular formula is C18H28N2O3. The number of ether oxygens (including phenoxy) is 1. The number of benzene rings is 1. The van der Waals surface area contributed by atoms with Crippen molar-refractivity contribution >= 4 is 5.91 Å². The van der Waals surface area contributed by atoms with Crippen molar-refractivity contribution < 1.29 is 14.6 Å². The molecule has 1 fully saturated rings. The molecule has 0 saturated carbocycles. The van der Waals surface area contributed by atoms with Gasteiger partial charge >= 0.3 is 0 Å². The van der Waals surface area contributed by atoms with Gasteiger partial charge in [0.2, 0.25) is 0 Å². The van der Waals surface area contributed by atoms with Gasteiger partial charge in [0.25, 0.3) is 5.91 Å². The fourth-order valence-electron chi connectivity index (χ4n) is 2.80. The Hall–Kier alpha value is -1.43. The van der Waals surface area contributed by atoms with Gasteiger partial charge < -0.3 is 14.7 Å². The SMILES string of the molecule is C[C@H](OCc1ccccc1)C(=O)N1CCN(CC(C)(C)O)CC1. The lowest BCUT2D eigenvalue weighted by Gasteiger charge is -2.38. The van der Waals surface area contributed by atoms with Crippen LogP contribution < -0.4 is 0 Å². The predicted molar refractivity (Wildman–Crippen MR) is 90.0 cm³/mol. The van der Waals surface area contributed by atoms with Gasteiger partial charge in [-0.2, -0.15) is 0 Å². The third kappa shape index (κ3) is 5.94. The summed E-state index contributed by atoms with van der Waals surface area (Å²) in [7, 11) is 0. The normalized spacial score (nSPS) is 18.0. The maximum absolute atomic E-state index is 12.4. The molecule has 1 aliphatic heterocycles. The summed E-state index contributed by atoms with van der Waals surface area (Å²) in [5, 5.41) is 9.87. The van der Waals surface area contributed by atoms with Crippen molar-refractivity contribution in [3.63, 3.8) is 0 Å². The van der Waals surface area contributed by atoms with Crippen LogP contribution in [0.2, 0.25) is 0 Å². The molecular weight excluding hydrogens is 292 g/mol. The van der Waals surface area contributed by atoms with Crippen LogP contribution in [-0.2, 0) is 16.1 Å². The summed E-state index contributed by atoms with van der Waals surface area (Å²) in [6.07, 6.45) is -0.434. The number of nitrogens with zero attached hydrogens (tertiary/aromatic N) is 2. The molecule has 1 N–H and O–H groups in total. The van der Waals surface area contributed by atoms with Gasteiger partial charge in [-0.15, -0.1) is 0 Å². The fourth-order valence-corrected chi connectivity index (χ4v) is 2.80. The van der Waals surface area contributed by atoms with Crippen molar-refractivity contribution in [2.24, 2.45) is 0 Å². The lowest BCUT2D eigenvalue weighted by molar-refractivity contribution is -0.145. The smallest absolute Gasteiger partial charge is 0.251 e. The average Bonchev–Trinajstić information content (AvgIpc) is 2.52. The molecule has 0 radical (unpaired) electrons. The summed E-state index contributed by atoms with van der Waals surface area (Å²) in [5.74, 6) is 0.0452. The van der Waals surface area contributed by atoms with Crippen molar-refractivity contribution in [3.8, 4) is 0 Å². The quantitative estimate of drug-likeness (QED) is 0.863. The van der Waals surface area contributed by atoms with Crippen molar-refractivity contribution in [2.75, 3.05) is 32.7 Å². The number of β-amino-alcohol motifs (C(OH)–C–C–N with tert-alkyl or cyclic N) is 1. The third-order valence-electron chi connectivity index (χ3n) is 3.99. The molecule has 1 amide bonds. The van der Waals surface area contributed by atoms with E-state index in [0.29, 0.717) is 26.2 Å². The first-order valence-electron chi connectivity index (χ1n) is 8.24. The second-order valence-electron chi connectivity index (χ2n) is 6.85. The van der Waals surface area contributed by atoms with Crippen molar-refractivity contribution in [1.29, 1.82) is 0 Å². The molecule has 1 saturated heterocycles. The highest BCUT2D eigenvalue weighted by Gasteiger charge is 2.27. The van der Waals surface area contributed by atoms with E-state index in [1.807, 2.05) is 56.0 Å². The van der Waals surface area contributed by atoms with Crippen LogP contribution in [0.15, 0.2) is 30.3 Å².